The Morgan fingerprint density at radius 3 is 1.96 bits per heavy atom. The summed E-state index contributed by atoms with van der Waals surface area (Å²) in [4.78, 5) is 24.3. The van der Waals surface area contributed by atoms with Crippen LogP contribution in [0.1, 0.15) is 0 Å². The predicted molar refractivity (Wildman–Crippen MR) is 99.8 cm³/mol. The quantitative estimate of drug-likeness (QED) is 0.751. The highest BCUT2D eigenvalue weighted by Gasteiger charge is 2.19. The average molecular weight is 399 g/mol. The van der Waals surface area contributed by atoms with E-state index in [-0.39, 0.29) is 16.4 Å². The minimum absolute atomic E-state index is 0.226. The Hall–Kier alpha value is -2.64. The molecule has 0 spiro atoms. The molecule has 0 aliphatic rings. The summed E-state index contributed by atoms with van der Waals surface area (Å²) in [5, 5.41) is 5.47. The lowest BCUT2D eigenvalue weighted by Gasteiger charge is -2.14. The second kappa shape index (κ2) is 8.64. The lowest BCUT2D eigenvalue weighted by atomic mass is 10.2. The Balaban J connectivity index is 2.18. The molecule has 2 aromatic rings. The molecule has 0 atom stereocenters. The van der Waals surface area contributed by atoms with Crippen LogP contribution in [-0.4, -0.2) is 33.1 Å². The van der Waals surface area contributed by atoms with Crippen molar-refractivity contribution in [3.63, 3.8) is 0 Å². The van der Waals surface area contributed by atoms with Crippen molar-refractivity contribution in [2.24, 2.45) is 0 Å². The smallest absolute Gasteiger partial charge is 0.314 e. The zero-order valence-electron chi connectivity index (χ0n) is 14.2. The molecular weight excluding hydrogens is 383 g/mol. The van der Waals surface area contributed by atoms with E-state index in [1.54, 1.807) is 6.07 Å². The fraction of sp³-hybridized carbons (Fsp3) is 0.176. The molecule has 2 amide bonds. The van der Waals surface area contributed by atoms with Gasteiger partial charge in [0.05, 0.1) is 32.0 Å². The van der Waals surface area contributed by atoms with Crippen LogP contribution in [0.2, 0.25) is 10.0 Å². The predicted octanol–water partition coefficient (Wildman–Crippen LogP) is 3.60. The van der Waals surface area contributed by atoms with Crippen molar-refractivity contribution in [3.8, 4) is 17.2 Å². The minimum atomic E-state index is -0.914. The van der Waals surface area contributed by atoms with Gasteiger partial charge in [0.15, 0.2) is 11.5 Å². The van der Waals surface area contributed by atoms with E-state index in [0.717, 1.165) is 0 Å². The van der Waals surface area contributed by atoms with E-state index in [1.165, 1.54) is 45.6 Å². The van der Waals surface area contributed by atoms with E-state index < -0.39 is 11.8 Å². The molecule has 2 N–H and O–H groups in total. The molecule has 0 aliphatic heterocycles. The monoisotopic (exact) mass is 398 g/mol. The molecule has 0 unspecified atom stereocenters. The van der Waals surface area contributed by atoms with Crippen LogP contribution in [-0.2, 0) is 9.59 Å². The highest BCUT2D eigenvalue weighted by molar-refractivity contribution is 6.45. The molecule has 2 rings (SSSR count). The largest absolute Gasteiger partial charge is 0.493 e. The van der Waals surface area contributed by atoms with Crippen LogP contribution in [0.25, 0.3) is 0 Å². The Morgan fingerprint density at radius 1 is 0.846 bits per heavy atom. The van der Waals surface area contributed by atoms with Crippen molar-refractivity contribution in [3.05, 3.63) is 40.4 Å². The molecule has 7 nitrogen and oxygen atoms in total. The Bertz CT molecular complexity index is 817. The third kappa shape index (κ3) is 4.50. The first-order valence-corrected chi connectivity index (χ1v) is 8.02. The number of benzene rings is 2. The second-order valence-electron chi connectivity index (χ2n) is 4.95. The van der Waals surface area contributed by atoms with Crippen molar-refractivity contribution in [2.75, 3.05) is 32.0 Å². The van der Waals surface area contributed by atoms with Gasteiger partial charge in [0.1, 0.15) is 0 Å². The fourth-order valence-electron chi connectivity index (χ4n) is 2.11. The SMILES string of the molecule is COc1cc(NC(=O)C(=O)Nc2cc(Cl)ccc2Cl)cc(OC)c1OC. The number of hydrogen-bond acceptors (Lipinski definition) is 5. The van der Waals surface area contributed by atoms with E-state index in [2.05, 4.69) is 10.6 Å². The van der Waals surface area contributed by atoms with Gasteiger partial charge in [0.2, 0.25) is 5.75 Å². The molecule has 0 saturated carbocycles. The number of amides is 2. The van der Waals surface area contributed by atoms with E-state index in [4.69, 9.17) is 37.4 Å². The van der Waals surface area contributed by atoms with E-state index in [0.29, 0.717) is 22.3 Å². The van der Waals surface area contributed by atoms with Crippen molar-refractivity contribution < 1.29 is 23.8 Å². The molecule has 0 radical (unpaired) electrons. The maximum atomic E-state index is 12.2. The highest BCUT2D eigenvalue weighted by atomic mass is 35.5. The fourth-order valence-corrected chi connectivity index (χ4v) is 2.45. The highest BCUT2D eigenvalue weighted by Crippen LogP contribution is 2.39. The Morgan fingerprint density at radius 2 is 1.42 bits per heavy atom. The van der Waals surface area contributed by atoms with Gasteiger partial charge < -0.3 is 24.8 Å². The normalized spacial score (nSPS) is 10.0. The molecule has 0 aromatic heterocycles. The van der Waals surface area contributed by atoms with Gasteiger partial charge in [-0.3, -0.25) is 9.59 Å². The summed E-state index contributed by atoms with van der Waals surface area (Å²) in [6.07, 6.45) is 0. The Kier molecular flexibility index (Phi) is 6.54. The lowest BCUT2D eigenvalue weighted by molar-refractivity contribution is -0.132. The zero-order valence-corrected chi connectivity index (χ0v) is 15.7. The van der Waals surface area contributed by atoms with Crippen LogP contribution in [0.3, 0.4) is 0 Å². The van der Waals surface area contributed by atoms with Crippen molar-refractivity contribution >= 4 is 46.4 Å². The number of hydrogen-bond donors (Lipinski definition) is 2. The van der Waals surface area contributed by atoms with Crippen molar-refractivity contribution in [2.45, 2.75) is 0 Å². The lowest BCUT2D eigenvalue weighted by Crippen LogP contribution is -2.29. The summed E-state index contributed by atoms with van der Waals surface area (Å²) in [7, 11) is 4.34. The van der Waals surface area contributed by atoms with Crippen LogP contribution in [0.5, 0.6) is 17.2 Å². The van der Waals surface area contributed by atoms with Crippen LogP contribution < -0.4 is 24.8 Å². The van der Waals surface area contributed by atoms with Gasteiger partial charge in [-0.1, -0.05) is 23.2 Å². The number of methoxy groups -OCH3 is 3. The molecule has 138 valence electrons. The summed E-state index contributed by atoms with van der Waals surface area (Å²) in [5.74, 6) is -0.790. The number of halogens is 2. The summed E-state index contributed by atoms with van der Waals surface area (Å²) < 4.78 is 15.6. The average Bonchev–Trinajstić information content (AvgIpc) is 2.63. The summed E-state index contributed by atoms with van der Waals surface area (Å²) >= 11 is 11.8. The van der Waals surface area contributed by atoms with E-state index >= 15 is 0 Å². The van der Waals surface area contributed by atoms with Gasteiger partial charge in [-0.2, -0.15) is 0 Å². The van der Waals surface area contributed by atoms with Crippen molar-refractivity contribution in [1.29, 1.82) is 0 Å². The van der Waals surface area contributed by atoms with E-state index in [9.17, 15) is 9.59 Å². The summed E-state index contributed by atoms with van der Waals surface area (Å²) in [6, 6.07) is 7.51. The van der Waals surface area contributed by atoms with Gasteiger partial charge in [-0.15, -0.1) is 0 Å². The molecule has 0 bridgehead atoms. The molecular formula is C17H16Cl2N2O5. The van der Waals surface area contributed by atoms with Gasteiger partial charge in [0.25, 0.3) is 0 Å². The number of carbonyl (C=O) groups excluding carboxylic acids is 2. The third-order valence-corrected chi connectivity index (χ3v) is 3.87. The molecule has 0 aliphatic carbocycles. The first-order valence-electron chi connectivity index (χ1n) is 7.27. The van der Waals surface area contributed by atoms with Gasteiger partial charge in [0, 0.05) is 22.8 Å². The van der Waals surface area contributed by atoms with Gasteiger partial charge in [-0.25, -0.2) is 0 Å². The summed E-state index contributed by atoms with van der Waals surface area (Å²) in [6.45, 7) is 0. The molecule has 9 heteroatoms. The third-order valence-electron chi connectivity index (χ3n) is 3.31. The minimum Gasteiger partial charge on any atom is -0.493 e. The van der Waals surface area contributed by atoms with Gasteiger partial charge in [-0.05, 0) is 18.2 Å². The molecule has 2 aromatic carbocycles. The molecule has 0 saturated heterocycles. The molecule has 26 heavy (non-hydrogen) atoms. The first kappa shape index (κ1) is 19.7. The Labute approximate surface area is 160 Å². The maximum absolute atomic E-state index is 12.2. The van der Waals surface area contributed by atoms with E-state index in [1.807, 2.05) is 0 Å². The summed E-state index contributed by atoms with van der Waals surface area (Å²) in [5.41, 5.74) is 0.515. The number of carbonyl (C=O) groups is 2. The van der Waals surface area contributed by atoms with Crippen LogP contribution in [0, 0.1) is 0 Å². The van der Waals surface area contributed by atoms with Crippen LogP contribution in [0.15, 0.2) is 30.3 Å². The number of ether oxygens (including phenoxy) is 3. The first-order chi connectivity index (χ1) is 12.4. The second-order valence-corrected chi connectivity index (χ2v) is 5.79. The molecule has 0 fully saturated rings. The van der Waals surface area contributed by atoms with Crippen LogP contribution in [0.4, 0.5) is 11.4 Å². The number of nitrogens with one attached hydrogen (secondary N) is 2. The number of rotatable bonds is 5. The van der Waals surface area contributed by atoms with Crippen molar-refractivity contribution in [1.82, 2.24) is 0 Å². The molecule has 0 heterocycles. The topological polar surface area (TPSA) is 85.9 Å². The maximum Gasteiger partial charge on any atom is 0.314 e. The zero-order chi connectivity index (χ0) is 19.3. The standard InChI is InChI=1S/C17H16Cl2N2O5/c1-24-13-7-10(8-14(25-2)15(13)26-3)20-16(22)17(23)21-12-6-9(18)4-5-11(12)19/h4-8H,1-3H3,(H,20,22)(H,21,23). The number of anilines is 2. The van der Waals surface area contributed by atoms with Crippen LogP contribution >= 0.6 is 23.2 Å². The van der Waals surface area contributed by atoms with Gasteiger partial charge >= 0.3 is 11.8 Å².